The highest BCUT2D eigenvalue weighted by molar-refractivity contribution is 7.00. The van der Waals surface area contributed by atoms with Crippen LogP contribution in [-0.4, -0.2) is 24.8 Å². The Hall–Kier alpha value is -2.34. The van der Waals surface area contributed by atoms with E-state index in [-0.39, 0.29) is 5.56 Å². The number of hydrogen-bond donors (Lipinski definition) is 1. The van der Waals surface area contributed by atoms with Gasteiger partial charge in [-0.15, -0.1) is 0 Å². The van der Waals surface area contributed by atoms with E-state index in [0.29, 0.717) is 11.1 Å². The van der Waals surface area contributed by atoms with Crippen LogP contribution in [0.3, 0.4) is 0 Å². The van der Waals surface area contributed by atoms with E-state index in [1.54, 1.807) is 0 Å². The first-order valence-electron chi connectivity index (χ1n) is 5.16. The molecule has 2 aromatic heterocycles. The number of pyridine rings is 1. The fourth-order valence-corrected chi connectivity index (χ4v) is 2.37. The highest BCUT2D eigenvalue weighted by atomic mass is 32.1. The quantitative estimate of drug-likeness (QED) is 0.763. The van der Waals surface area contributed by atoms with Crippen LogP contribution < -0.4 is 0 Å². The smallest absolute Gasteiger partial charge is 0.336 e. The van der Waals surface area contributed by atoms with Crippen LogP contribution in [0.4, 0.5) is 0 Å². The average molecular weight is 257 g/mol. The number of aromatic carboxylic acids is 1. The fraction of sp³-hybridized carbons (Fsp3) is 0. The van der Waals surface area contributed by atoms with Gasteiger partial charge in [0.25, 0.3) is 0 Å². The molecule has 0 fully saturated rings. The Balaban J connectivity index is 2.33. The summed E-state index contributed by atoms with van der Waals surface area (Å²) in [5.41, 5.74) is 2.98. The maximum absolute atomic E-state index is 11.2. The van der Waals surface area contributed by atoms with Crippen LogP contribution in [-0.2, 0) is 0 Å². The maximum atomic E-state index is 11.2. The monoisotopic (exact) mass is 257 g/mol. The predicted octanol–water partition coefficient (Wildman–Crippen LogP) is 2.45. The molecule has 0 radical (unpaired) electrons. The van der Waals surface area contributed by atoms with Gasteiger partial charge in [-0.3, -0.25) is 4.98 Å². The lowest BCUT2D eigenvalue weighted by atomic mass is 10.0. The molecule has 0 aliphatic carbocycles. The predicted molar refractivity (Wildman–Crippen MR) is 67.6 cm³/mol. The first kappa shape index (κ1) is 10.8. The Morgan fingerprint density at radius 2 is 2.06 bits per heavy atom. The lowest BCUT2D eigenvalue weighted by molar-refractivity contribution is 0.0697. The standard InChI is InChI=1S/C12H7N3O2S/c16-12(17)8-4-5-13-6-9(8)7-2-1-3-10-11(7)15-18-14-10/h1-6H,(H,16,17). The Bertz CT molecular complexity index is 739. The molecule has 18 heavy (non-hydrogen) atoms. The molecular weight excluding hydrogens is 250 g/mol. The molecule has 0 bridgehead atoms. The van der Waals surface area contributed by atoms with E-state index < -0.39 is 5.97 Å². The molecule has 2 heterocycles. The van der Waals surface area contributed by atoms with Gasteiger partial charge in [0.1, 0.15) is 11.0 Å². The minimum absolute atomic E-state index is 0.213. The van der Waals surface area contributed by atoms with Crippen LogP contribution in [0, 0.1) is 0 Å². The Morgan fingerprint density at radius 3 is 2.89 bits per heavy atom. The van der Waals surface area contributed by atoms with Crippen molar-refractivity contribution in [2.24, 2.45) is 0 Å². The zero-order valence-corrected chi connectivity index (χ0v) is 9.89. The van der Waals surface area contributed by atoms with Gasteiger partial charge in [-0.1, -0.05) is 12.1 Å². The summed E-state index contributed by atoms with van der Waals surface area (Å²) in [5, 5.41) is 9.19. The molecule has 1 aromatic carbocycles. The first-order chi connectivity index (χ1) is 8.77. The highest BCUT2D eigenvalue weighted by Gasteiger charge is 2.15. The zero-order valence-electron chi connectivity index (χ0n) is 9.07. The minimum atomic E-state index is -0.979. The second-order valence-electron chi connectivity index (χ2n) is 3.66. The number of aromatic nitrogens is 3. The van der Waals surface area contributed by atoms with Crippen molar-refractivity contribution in [3.05, 3.63) is 42.2 Å². The second kappa shape index (κ2) is 4.15. The van der Waals surface area contributed by atoms with Crippen molar-refractivity contribution in [3.63, 3.8) is 0 Å². The second-order valence-corrected chi connectivity index (χ2v) is 4.19. The maximum Gasteiger partial charge on any atom is 0.336 e. The van der Waals surface area contributed by atoms with Crippen LogP contribution in [0.25, 0.3) is 22.2 Å². The summed E-state index contributed by atoms with van der Waals surface area (Å²) in [5.74, 6) is -0.979. The van der Waals surface area contributed by atoms with Crippen molar-refractivity contribution in [1.29, 1.82) is 0 Å². The number of carbonyl (C=O) groups is 1. The molecule has 88 valence electrons. The van der Waals surface area contributed by atoms with E-state index >= 15 is 0 Å². The molecule has 0 spiro atoms. The lowest BCUT2D eigenvalue weighted by Crippen LogP contribution is -2.00. The van der Waals surface area contributed by atoms with Crippen LogP contribution in [0.1, 0.15) is 10.4 Å². The van der Waals surface area contributed by atoms with Gasteiger partial charge in [-0.25, -0.2) is 4.79 Å². The normalized spacial score (nSPS) is 10.7. The van der Waals surface area contributed by atoms with Gasteiger partial charge < -0.3 is 5.11 Å². The summed E-state index contributed by atoms with van der Waals surface area (Å²) in [4.78, 5) is 15.2. The third kappa shape index (κ3) is 1.63. The zero-order chi connectivity index (χ0) is 12.5. The molecule has 1 N–H and O–H groups in total. The number of rotatable bonds is 2. The molecule has 3 rings (SSSR count). The SMILES string of the molecule is O=C(O)c1ccncc1-c1cccc2nsnc12. The highest BCUT2D eigenvalue weighted by Crippen LogP contribution is 2.29. The summed E-state index contributed by atoms with van der Waals surface area (Å²) in [6.45, 7) is 0. The summed E-state index contributed by atoms with van der Waals surface area (Å²) in [6, 6.07) is 6.99. The summed E-state index contributed by atoms with van der Waals surface area (Å²) in [6.07, 6.45) is 3.00. The van der Waals surface area contributed by atoms with E-state index in [9.17, 15) is 9.90 Å². The van der Waals surface area contributed by atoms with Gasteiger partial charge in [0, 0.05) is 23.5 Å². The summed E-state index contributed by atoms with van der Waals surface area (Å²) < 4.78 is 8.35. The van der Waals surface area contributed by atoms with Crippen molar-refractivity contribution in [2.75, 3.05) is 0 Å². The number of carboxylic acid groups (broad SMARTS) is 1. The van der Waals surface area contributed by atoms with Crippen LogP contribution in [0.15, 0.2) is 36.7 Å². The Morgan fingerprint density at radius 1 is 1.17 bits per heavy atom. The Kier molecular flexibility index (Phi) is 2.49. The molecule has 0 aliphatic heterocycles. The van der Waals surface area contributed by atoms with Gasteiger partial charge in [0.15, 0.2) is 0 Å². The van der Waals surface area contributed by atoms with Crippen LogP contribution >= 0.6 is 11.7 Å². The fourth-order valence-electron chi connectivity index (χ4n) is 1.82. The molecule has 0 aliphatic rings. The van der Waals surface area contributed by atoms with Crippen LogP contribution in [0.2, 0.25) is 0 Å². The molecule has 0 amide bonds. The first-order valence-corrected chi connectivity index (χ1v) is 5.89. The van der Waals surface area contributed by atoms with Crippen molar-refractivity contribution in [1.82, 2.24) is 13.7 Å². The van der Waals surface area contributed by atoms with Crippen LogP contribution in [0.5, 0.6) is 0 Å². The van der Waals surface area contributed by atoms with Crippen molar-refractivity contribution in [3.8, 4) is 11.1 Å². The number of hydrogen-bond acceptors (Lipinski definition) is 5. The summed E-state index contributed by atoms with van der Waals surface area (Å²) >= 11 is 1.11. The van der Waals surface area contributed by atoms with E-state index in [0.717, 1.165) is 22.8 Å². The van der Waals surface area contributed by atoms with E-state index in [2.05, 4.69) is 13.7 Å². The van der Waals surface area contributed by atoms with Crippen molar-refractivity contribution in [2.45, 2.75) is 0 Å². The van der Waals surface area contributed by atoms with Gasteiger partial charge in [-0.05, 0) is 12.1 Å². The van der Waals surface area contributed by atoms with E-state index in [1.807, 2.05) is 18.2 Å². The number of benzene rings is 1. The topological polar surface area (TPSA) is 76.0 Å². The number of carboxylic acids is 1. The molecule has 5 nitrogen and oxygen atoms in total. The third-order valence-corrected chi connectivity index (χ3v) is 3.17. The van der Waals surface area contributed by atoms with Gasteiger partial charge in [0.2, 0.25) is 0 Å². The molecule has 0 saturated heterocycles. The number of nitrogens with zero attached hydrogens (tertiary/aromatic N) is 3. The van der Waals surface area contributed by atoms with Gasteiger partial charge in [-0.2, -0.15) is 8.75 Å². The number of fused-ring (bicyclic) bond motifs is 1. The molecular formula is C12H7N3O2S. The minimum Gasteiger partial charge on any atom is -0.478 e. The van der Waals surface area contributed by atoms with Gasteiger partial charge in [0.05, 0.1) is 17.3 Å². The molecule has 0 saturated carbocycles. The van der Waals surface area contributed by atoms with Gasteiger partial charge >= 0.3 is 5.97 Å². The molecule has 0 atom stereocenters. The van der Waals surface area contributed by atoms with E-state index in [4.69, 9.17) is 0 Å². The van der Waals surface area contributed by atoms with Crippen molar-refractivity contribution >= 4 is 28.7 Å². The Labute approximate surface area is 106 Å². The molecule has 3 aromatic rings. The summed E-state index contributed by atoms with van der Waals surface area (Å²) in [7, 11) is 0. The van der Waals surface area contributed by atoms with Crippen molar-refractivity contribution < 1.29 is 9.90 Å². The average Bonchev–Trinajstić information content (AvgIpc) is 2.86. The largest absolute Gasteiger partial charge is 0.478 e. The molecule has 6 heteroatoms. The third-order valence-electron chi connectivity index (χ3n) is 2.63. The lowest BCUT2D eigenvalue weighted by Gasteiger charge is -2.05. The van der Waals surface area contributed by atoms with E-state index in [1.165, 1.54) is 18.5 Å². The molecule has 0 unspecified atom stereocenters.